The number of ether oxygens (including phenoxy) is 1. The number of aromatic amines is 1. The molecular formula is C26H30FN5O4. The van der Waals surface area contributed by atoms with Crippen LogP contribution in [0.3, 0.4) is 0 Å². The van der Waals surface area contributed by atoms with Gasteiger partial charge in [-0.25, -0.2) is 9.18 Å². The molecule has 2 heterocycles. The van der Waals surface area contributed by atoms with Crippen LogP contribution in [0.2, 0.25) is 0 Å². The summed E-state index contributed by atoms with van der Waals surface area (Å²) in [4.78, 5) is 44.3. The first kappa shape index (κ1) is 25.2. The van der Waals surface area contributed by atoms with Crippen molar-refractivity contribution < 1.29 is 13.9 Å². The fraction of sp³-hybridized carbons (Fsp3) is 0.346. The molecule has 0 saturated heterocycles. The van der Waals surface area contributed by atoms with Crippen molar-refractivity contribution in [3.63, 3.8) is 0 Å². The maximum Gasteiger partial charge on any atom is 0.330 e. The molecule has 0 radical (unpaired) electrons. The standard InChI is InChI=1S/C26H30FN5O4/c1-17-13-19-9-6-10-30(22(19)20(27)14-17)16-21(33)31(11-12-36-2)23-24(28)32(26(35)29-25(23)34)15-18-7-4-3-5-8-18/h3-5,7-8,13-14H,6,9-12,15-16,28H2,1-2H3,(H,29,34,35). The van der Waals surface area contributed by atoms with E-state index in [1.807, 2.05) is 43.3 Å². The van der Waals surface area contributed by atoms with Gasteiger partial charge in [0.15, 0.2) is 5.69 Å². The number of carbonyl (C=O) groups is 1. The maximum absolute atomic E-state index is 14.9. The Balaban J connectivity index is 1.70. The van der Waals surface area contributed by atoms with E-state index in [9.17, 15) is 18.8 Å². The summed E-state index contributed by atoms with van der Waals surface area (Å²) >= 11 is 0. The highest BCUT2D eigenvalue weighted by atomic mass is 19.1. The molecule has 0 aliphatic carbocycles. The Morgan fingerprint density at radius 3 is 2.69 bits per heavy atom. The molecule has 2 aromatic carbocycles. The highest BCUT2D eigenvalue weighted by molar-refractivity contribution is 5.98. The van der Waals surface area contributed by atoms with Crippen molar-refractivity contribution in [1.82, 2.24) is 9.55 Å². The molecule has 0 atom stereocenters. The van der Waals surface area contributed by atoms with Gasteiger partial charge in [0.25, 0.3) is 5.56 Å². The first-order chi connectivity index (χ1) is 17.3. The Bertz CT molecular complexity index is 1370. The summed E-state index contributed by atoms with van der Waals surface area (Å²) in [6.45, 7) is 2.45. The number of H-pyrrole nitrogens is 1. The van der Waals surface area contributed by atoms with Crippen LogP contribution in [-0.4, -0.2) is 48.8 Å². The number of nitrogens with zero attached hydrogens (tertiary/aromatic N) is 3. The predicted octanol–water partition coefficient (Wildman–Crippen LogP) is 2.05. The number of aryl methyl sites for hydroxylation is 2. The van der Waals surface area contributed by atoms with Crippen molar-refractivity contribution >= 4 is 23.1 Å². The zero-order valence-electron chi connectivity index (χ0n) is 20.4. The first-order valence-electron chi connectivity index (χ1n) is 11.8. The lowest BCUT2D eigenvalue weighted by Crippen LogP contribution is -2.47. The second-order valence-electron chi connectivity index (χ2n) is 8.88. The molecule has 1 aliphatic rings. The van der Waals surface area contributed by atoms with Gasteiger partial charge in [0, 0.05) is 20.2 Å². The monoisotopic (exact) mass is 495 g/mol. The molecule has 0 spiro atoms. The van der Waals surface area contributed by atoms with Crippen LogP contribution in [0.15, 0.2) is 52.1 Å². The summed E-state index contributed by atoms with van der Waals surface area (Å²) in [5, 5.41) is 0. The lowest BCUT2D eigenvalue weighted by atomic mass is 9.99. The van der Waals surface area contributed by atoms with Crippen molar-refractivity contribution in [2.75, 3.05) is 48.9 Å². The van der Waals surface area contributed by atoms with Gasteiger partial charge in [0.1, 0.15) is 11.6 Å². The van der Waals surface area contributed by atoms with Gasteiger partial charge in [-0.05, 0) is 42.5 Å². The number of rotatable bonds is 8. The summed E-state index contributed by atoms with van der Waals surface area (Å²) in [6.07, 6.45) is 1.50. The van der Waals surface area contributed by atoms with Crippen molar-refractivity contribution in [2.24, 2.45) is 0 Å². The van der Waals surface area contributed by atoms with Crippen molar-refractivity contribution in [3.8, 4) is 0 Å². The Labute approximate surface area is 207 Å². The summed E-state index contributed by atoms with van der Waals surface area (Å²) < 4.78 is 21.3. The fourth-order valence-corrected chi connectivity index (χ4v) is 4.64. The number of halogens is 1. The minimum atomic E-state index is -0.771. The molecule has 1 aromatic heterocycles. The summed E-state index contributed by atoms with van der Waals surface area (Å²) in [5.41, 5.74) is 7.63. The summed E-state index contributed by atoms with van der Waals surface area (Å²) in [6, 6.07) is 12.5. The number of fused-ring (bicyclic) bond motifs is 1. The molecule has 36 heavy (non-hydrogen) atoms. The van der Waals surface area contributed by atoms with Gasteiger partial charge in [-0.3, -0.25) is 19.1 Å². The van der Waals surface area contributed by atoms with Crippen LogP contribution in [0.1, 0.15) is 23.1 Å². The number of aromatic nitrogens is 2. The lowest BCUT2D eigenvalue weighted by Gasteiger charge is -2.33. The molecule has 0 fully saturated rings. The number of methoxy groups -OCH3 is 1. The minimum Gasteiger partial charge on any atom is -0.383 e. The Hall–Kier alpha value is -3.92. The minimum absolute atomic E-state index is 0.0310. The van der Waals surface area contributed by atoms with Gasteiger partial charge >= 0.3 is 5.69 Å². The maximum atomic E-state index is 14.9. The average Bonchev–Trinajstić information content (AvgIpc) is 2.84. The largest absolute Gasteiger partial charge is 0.383 e. The van der Waals surface area contributed by atoms with E-state index < -0.39 is 17.2 Å². The SMILES string of the molecule is COCCN(C(=O)CN1CCCc2cc(C)cc(F)c21)c1c(N)n(Cc2ccccc2)c(=O)[nH]c1=O. The second-order valence-corrected chi connectivity index (χ2v) is 8.88. The normalized spacial score (nSPS) is 12.9. The number of carbonyl (C=O) groups excluding carboxylic acids is 1. The number of hydrogen-bond donors (Lipinski definition) is 2. The van der Waals surface area contributed by atoms with Crippen LogP contribution in [0, 0.1) is 12.7 Å². The number of nitrogens with two attached hydrogens (primary N) is 1. The summed E-state index contributed by atoms with van der Waals surface area (Å²) in [7, 11) is 1.48. The number of hydrogen-bond acceptors (Lipinski definition) is 6. The van der Waals surface area contributed by atoms with E-state index >= 15 is 0 Å². The molecule has 9 nitrogen and oxygen atoms in total. The number of anilines is 3. The molecule has 3 N–H and O–H groups in total. The molecule has 1 aliphatic heterocycles. The van der Waals surface area contributed by atoms with E-state index in [4.69, 9.17) is 10.5 Å². The quantitative estimate of drug-likeness (QED) is 0.495. The van der Waals surface area contributed by atoms with Gasteiger partial charge in [-0.2, -0.15) is 0 Å². The number of benzene rings is 2. The third kappa shape index (κ3) is 5.18. The van der Waals surface area contributed by atoms with Gasteiger partial charge < -0.3 is 20.3 Å². The van der Waals surface area contributed by atoms with E-state index in [-0.39, 0.29) is 43.6 Å². The van der Waals surface area contributed by atoms with Gasteiger partial charge in [-0.1, -0.05) is 36.4 Å². The van der Waals surface area contributed by atoms with Crippen LogP contribution < -0.4 is 26.8 Å². The number of nitrogens with one attached hydrogen (secondary N) is 1. The smallest absolute Gasteiger partial charge is 0.330 e. The van der Waals surface area contributed by atoms with Crippen LogP contribution >= 0.6 is 0 Å². The second kappa shape index (κ2) is 10.8. The highest BCUT2D eigenvalue weighted by Crippen LogP contribution is 2.31. The van der Waals surface area contributed by atoms with E-state index in [0.717, 1.165) is 29.5 Å². The zero-order chi connectivity index (χ0) is 25.8. The van der Waals surface area contributed by atoms with Gasteiger partial charge in [0.05, 0.1) is 25.4 Å². The molecule has 0 bridgehead atoms. The lowest BCUT2D eigenvalue weighted by molar-refractivity contribution is -0.117. The molecule has 1 amide bonds. The van der Waals surface area contributed by atoms with Crippen molar-refractivity contribution in [1.29, 1.82) is 0 Å². The van der Waals surface area contributed by atoms with Gasteiger partial charge in [0.2, 0.25) is 5.91 Å². The van der Waals surface area contributed by atoms with E-state index in [0.29, 0.717) is 12.2 Å². The summed E-state index contributed by atoms with van der Waals surface area (Å²) in [5.74, 6) is -0.963. The third-order valence-corrected chi connectivity index (χ3v) is 6.29. The average molecular weight is 496 g/mol. The van der Waals surface area contributed by atoms with E-state index in [2.05, 4.69) is 4.98 Å². The van der Waals surface area contributed by atoms with Crippen LogP contribution in [0.4, 0.5) is 21.6 Å². The molecule has 190 valence electrons. The Kier molecular flexibility index (Phi) is 7.54. The molecule has 3 aromatic rings. The Morgan fingerprint density at radius 1 is 1.22 bits per heavy atom. The Morgan fingerprint density at radius 2 is 1.97 bits per heavy atom. The zero-order valence-corrected chi connectivity index (χ0v) is 20.4. The predicted molar refractivity (Wildman–Crippen MR) is 137 cm³/mol. The first-order valence-corrected chi connectivity index (χ1v) is 11.8. The molecular weight excluding hydrogens is 465 g/mol. The van der Waals surface area contributed by atoms with Crippen molar-refractivity contribution in [2.45, 2.75) is 26.3 Å². The van der Waals surface area contributed by atoms with Crippen LogP contribution in [0.25, 0.3) is 0 Å². The van der Waals surface area contributed by atoms with Gasteiger partial charge in [-0.15, -0.1) is 0 Å². The van der Waals surface area contributed by atoms with Crippen molar-refractivity contribution in [3.05, 3.63) is 85.8 Å². The molecule has 0 unspecified atom stereocenters. The molecule has 4 rings (SSSR count). The van der Waals surface area contributed by atoms with E-state index in [1.165, 1.54) is 22.6 Å². The highest BCUT2D eigenvalue weighted by Gasteiger charge is 2.28. The number of nitrogen functional groups attached to an aromatic ring is 1. The van der Waals surface area contributed by atoms with Crippen LogP contribution in [-0.2, 0) is 22.5 Å². The van der Waals surface area contributed by atoms with E-state index in [1.54, 1.807) is 4.90 Å². The van der Waals surface area contributed by atoms with Crippen LogP contribution in [0.5, 0.6) is 0 Å². The number of amides is 1. The third-order valence-electron chi connectivity index (χ3n) is 6.29. The molecule has 0 saturated carbocycles. The topological polar surface area (TPSA) is 114 Å². The fourth-order valence-electron chi connectivity index (χ4n) is 4.64. The molecule has 10 heteroatoms.